The highest BCUT2D eigenvalue weighted by molar-refractivity contribution is 7.07. The first kappa shape index (κ1) is 22.7. The minimum atomic E-state index is -0.718. The molecule has 0 bridgehead atoms. The molecule has 4 aromatic rings. The molecule has 0 unspecified atom stereocenters. The van der Waals surface area contributed by atoms with Crippen molar-refractivity contribution >= 4 is 17.3 Å². The van der Waals surface area contributed by atoms with Crippen LogP contribution in [-0.4, -0.2) is 22.2 Å². The van der Waals surface area contributed by atoms with Crippen LogP contribution in [0.25, 0.3) is 16.9 Å². The molecule has 0 amide bonds. The first-order valence-electron chi connectivity index (χ1n) is 11.3. The number of hydrogen-bond donors (Lipinski definition) is 1. The number of carboxylic acids is 1. The van der Waals surface area contributed by atoms with E-state index in [0.29, 0.717) is 0 Å². The molecule has 0 saturated heterocycles. The number of aliphatic carboxylic acids is 1. The summed E-state index contributed by atoms with van der Waals surface area (Å²) in [7, 11) is 0. The van der Waals surface area contributed by atoms with E-state index in [2.05, 4.69) is 82.7 Å². The van der Waals surface area contributed by atoms with Crippen molar-refractivity contribution in [1.29, 1.82) is 0 Å². The zero-order valence-electron chi connectivity index (χ0n) is 18.6. The molecule has 1 N–H and O–H groups in total. The topological polar surface area (TPSA) is 54.6 Å². The largest absolute Gasteiger partial charge is 0.481 e. The van der Waals surface area contributed by atoms with Gasteiger partial charge in [-0.15, -0.1) is 11.3 Å². The van der Waals surface area contributed by atoms with Crippen LogP contribution < -0.4 is 4.80 Å². The van der Waals surface area contributed by atoms with E-state index in [4.69, 9.17) is 10.1 Å². The number of carboxylic acid groups (broad SMARTS) is 1. The fraction of sp³-hybridized carbons (Fsp3) is 0.214. The molecule has 0 aliphatic carbocycles. The Labute approximate surface area is 198 Å². The van der Waals surface area contributed by atoms with Gasteiger partial charge in [-0.2, -0.15) is 0 Å². The number of aryl methyl sites for hydroxylation is 1. The Morgan fingerprint density at radius 1 is 0.818 bits per heavy atom. The molecule has 33 heavy (non-hydrogen) atoms. The van der Waals surface area contributed by atoms with Gasteiger partial charge in [0.1, 0.15) is 0 Å². The van der Waals surface area contributed by atoms with Gasteiger partial charge in [-0.05, 0) is 54.5 Å². The van der Waals surface area contributed by atoms with Crippen LogP contribution in [0.15, 0.2) is 95.3 Å². The van der Waals surface area contributed by atoms with E-state index >= 15 is 0 Å². The average molecular weight is 457 g/mol. The van der Waals surface area contributed by atoms with Gasteiger partial charge in [0.15, 0.2) is 4.80 Å². The molecular formula is C28H28N2O2S. The Kier molecular flexibility index (Phi) is 7.88. The van der Waals surface area contributed by atoms with Crippen LogP contribution in [0.3, 0.4) is 0 Å². The van der Waals surface area contributed by atoms with E-state index < -0.39 is 5.97 Å². The first-order chi connectivity index (χ1) is 16.2. The highest BCUT2D eigenvalue weighted by Gasteiger charge is 2.09. The maximum absolute atomic E-state index is 10.6. The minimum Gasteiger partial charge on any atom is -0.481 e. The molecule has 0 aliphatic rings. The van der Waals surface area contributed by atoms with Crippen LogP contribution in [0.5, 0.6) is 0 Å². The SMILES string of the molecule is O=C(O)CCCCc1ccc(CCN=c2scc(-c3ccccc3)n2-c2ccccc2)cc1. The van der Waals surface area contributed by atoms with Gasteiger partial charge in [0.25, 0.3) is 0 Å². The van der Waals surface area contributed by atoms with Gasteiger partial charge in [-0.1, -0.05) is 72.8 Å². The fourth-order valence-corrected chi connectivity index (χ4v) is 4.75. The second-order valence-corrected chi connectivity index (χ2v) is 8.83. The monoisotopic (exact) mass is 456 g/mol. The lowest BCUT2D eigenvalue weighted by atomic mass is 10.0. The molecule has 0 saturated carbocycles. The van der Waals surface area contributed by atoms with Crippen molar-refractivity contribution in [2.24, 2.45) is 4.99 Å². The second kappa shape index (κ2) is 11.4. The standard InChI is InChI=1S/C28H28N2O2S/c31-27(32)14-8-7-9-22-15-17-23(18-16-22)19-20-29-28-30(25-12-5-2-6-13-25)26(21-33-28)24-10-3-1-4-11-24/h1-6,10-13,15-18,21H,7-9,14,19-20H2,(H,31,32). The van der Waals surface area contributed by atoms with Gasteiger partial charge in [-0.25, -0.2) is 0 Å². The van der Waals surface area contributed by atoms with E-state index in [0.717, 1.165) is 48.4 Å². The summed E-state index contributed by atoms with van der Waals surface area (Å²) in [6.07, 6.45) is 3.68. The molecule has 0 fully saturated rings. The lowest BCUT2D eigenvalue weighted by Crippen LogP contribution is -2.15. The van der Waals surface area contributed by atoms with Crippen LogP contribution in [0.1, 0.15) is 30.4 Å². The molecule has 0 atom stereocenters. The van der Waals surface area contributed by atoms with Gasteiger partial charge in [0.2, 0.25) is 0 Å². The third-order valence-electron chi connectivity index (χ3n) is 5.57. The Morgan fingerprint density at radius 2 is 1.45 bits per heavy atom. The minimum absolute atomic E-state index is 0.247. The summed E-state index contributed by atoms with van der Waals surface area (Å²) in [6.45, 7) is 0.722. The van der Waals surface area contributed by atoms with Gasteiger partial charge in [0, 0.05) is 24.0 Å². The molecule has 5 heteroatoms. The van der Waals surface area contributed by atoms with Crippen molar-refractivity contribution in [3.05, 3.63) is 106 Å². The molecule has 4 nitrogen and oxygen atoms in total. The van der Waals surface area contributed by atoms with Gasteiger partial charge in [-0.3, -0.25) is 14.4 Å². The molecule has 1 aromatic heterocycles. The van der Waals surface area contributed by atoms with Crippen molar-refractivity contribution in [2.75, 3.05) is 6.54 Å². The molecule has 4 rings (SSSR count). The van der Waals surface area contributed by atoms with Crippen LogP contribution in [-0.2, 0) is 17.6 Å². The van der Waals surface area contributed by atoms with Gasteiger partial charge >= 0.3 is 5.97 Å². The summed E-state index contributed by atoms with van der Waals surface area (Å²) in [4.78, 5) is 16.6. The Bertz CT molecular complexity index is 1230. The van der Waals surface area contributed by atoms with E-state index in [1.165, 1.54) is 16.7 Å². The van der Waals surface area contributed by atoms with Crippen LogP contribution >= 0.6 is 11.3 Å². The summed E-state index contributed by atoms with van der Waals surface area (Å²) in [5.74, 6) is -0.718. The summed E-state index contributed by atoms with van der Waals surface area (Å²) >= 11 is 1.67. The Balaban J connectivity index is 1.46. The van der Waals surface area contributed by atoms with E-state index in [1.807, 2.05) is 12.1 Å². The maximum Gasteiger partial charge on any atom is 0.303 e. The molecule has 0 spiro atoms. The molecule has 168 valence electrons. The molecule has 3 aromatic carbocycles. The number of benzene rings is 3. The van der Waals surface area contributed by atoms with Gasteiger partial charge < -0.3 is 5.11 Å². The van der Waals surface area contributed by atoms with E-state index in [1.54, 1.807) is 11.3 Å². The zero-order valence-corrected chi connectivity index (χ0v) is 19.4. The first-order valence-corrected chi connectivity index (χ1v) is 12.2. The number of aromatic nitrogens is 1. The predicted molar refractivity (Wildman–Crippen MR) is 135 cm³/mol. The van der Waals surface area contributed by atoms with Crippen molar-refractivity contribution in [1.82, 2.24) is 4.57 Å². The summed E-state index contributed by atoms with van der Waals surface area (Å²) in [6, 6.07) is 29.4. The quantitative estimate of drug-likeness (QED) is 0.291. The van der Waals surface area contributed by atoms with Crippen LogP contribution in [0, 0.1) is 0 Å². The lowest BCUT2D eigenvalue weighted by molar-refractivity contribution is -0.137. The molecule has 0 aliphatic heterocycles. The molecule has 1 heterocycles. The number of para-hydroxylation sites is 1. The normalized spacial score (nSPS) is 11.6. The smallest absolute Gasteiger partial charge is 0.303 e. The lowest BCUT2D eigenvalue weighted by Gasteiger charge is -2.09. The number of nitrogens with zero attached hydrogens (tertiary/aromatic N) is 2. The van der Waals surface area contributed by atoms with Crippen molar-refractivity contribution in [3.8, 4) is 16.9 Å². The molecular weight excluding hydrogens is 428 g/mol. The highest BCUT2D eigenvalue weighted by atomic mass is 32.1. The number of carbonyl (C=O) groups is 1. The van der Waals surface area contributed by atoms with Crippen molar-refractivity contribution in [2.45, 2.75) is 32.1 Å². The highest BCUT2D eigenvalue weighted by Crippen LogP contribution is 2.23. The number of unbranched alkanes of at least 4 members (excludes halogenated alkanes) is 1. The van der Waals surface area contributed by atoms with E-state index in [-0.39, 0.29) is 6.42 Å². The van der Waals surface area contributed by atoms with Crippen molar-refractivity contribution in [3.63, 3.8) is 0 Å². The van der Waals surface area contributed by atoms with Crippen LogP contribution in [0.4, 0.5) is 0 Å². The Morgan fingerprint density at radius 3 is 2.12 bits per heavy atom. The zero-order chi connectivity index (χ0) is 22.9. The third-order valence-corrected chi connectivity index (χ3v) is 6.43. The van der Waals surface area contributed by atoms with E-state index in [9.17, 15) is 4.79 Å². The number of hydrogen-bond acceptors (Lipinski definition) is 3. The molecule has 0 radical (unpaired) electrons. The fourth-order valence-electron chi connectivity index (χ4n) is 3.82. The predicted octanol–water partition coefficient (Wildman–Crippen LogP) is 6.15. The third kappa shape index (κ3) is 6.30. The van der Waals surface area contributed by atoms with Crippen LogP contribution in [0.2, 0.25) is 0 Å². The second-order valence-electron chi connectivity index (χ2n) is 7.99. The number of rotatable bonds is 10. The number of thiazole rings is 1. The maximum atomic E-state index is 10.6. The van der Waals surface area contributed by atoms with Crippen molar-refractivity contribution < 1.29 is 9.90 Å². The summed E-state index contributed by atoms with van der Waals surface area (Å²) < 4.78 is 2.24. The summed E-state index contributed by atoms with van der Waals surface area (Å²) in [5.41, 5.74) is 5.97. The van der Waals surface area contributed by atoms with Gasteiger partial charge in [0.05, 0.1) is 5.69 Å². The Hall–Kier alpha value is -3.44. The average Bonchev–Trinajstić information content (AvgIpc) is 3.27. The summed E-state index contributed by atoms with van der Waals surface area (Å²) in [5, 5.41) is 10.9.